The Morgan fingerprint density at radius 2 is 1.63 bits per heavy atom. The average molecular weight is 636 g/mol. The highest BCUT2D eigenvalue weighted by Gasteiger charge is 2.26. The molecule has 0 aliphatic heterocycles. The van der Waals surface area contributed by atoms with Gasteiger partial charge in [0.15, 0.2) is 0 Å². The van der Waals surface area contributed by atoms with Crippen LogP contribution in [0.25, 0.3) is 0 Å². The van der Waals surface area contributed by atoms with Crippen LogP contribution in [0.3, 0.4) is 0 Å². The number of hydrogen-bond donors (Lipinski definition) is 3. The van der Waals surface area contributed by atoms with Crippen LogP contribution in [0.2, 0.25) is 0 Å². The fourth-order valence-corrected chi connectivity index (χ4v) is 4.67. The van der Waals surface area contributed by atoms with Crippen LogP contribution < -0.4 is 10.6 Å². The third kappa shape index (κ3) is 7.60. The zero-order valence-electron chi connectivity index (χ0n) is 17.3. The number of alkyl carbamates (subject to hydrolysis) is 1. The Morgan fingerprint density at radius 1 is 1.07 bits per heavy atom. The molecule has 0 radical (unpaired) electrons. The van der Waals surface area contributed by atoms with Gasteiger partial charge >= 0.3 is 6.09 Å². The lowest BCUT2D eigenvalue weighted by Gasteiger charge is -2.25. The summed E-state index contributed by atoms with van der Waals surface area (Å²) in [7, 11) is 0. The molecule has 0 aliphatic rings. The van der Waals surface area contributed by atoms with Crippen LogP contribution in [0.4, 0.5) is 4.79 Å². The summed E-state index contributed by atoms with van der Waals surface area (Å²) in [6.07, 6.45) is -0.392. The highest BCUT2D eigenvalue weighted by Crippen LogP contribution is 2.28. The number of rotatable bonds is 6. The zero-order chi connectivity index (χ0) is 22.5. The summed E-state index contributed by atoms with van der Waals surface area (Å²) in [5.74, 6) is -0.103. The van der Waals surface area contributed by atoms with Crippen LogP contribution >= 0.6 is 45.2 Å². The molecule has 0 saturated carbocycles. The smallest absolute Gasteiger partial charge is 0.408 e. The minimum absolute atomic E-state index is 0.207. The number of carbonyl (C=O) groups excluding carboxylic acids is 2. The number of ether oxygens (including phenoxy) is 1. The largest absolute Gasteiger partial charge is 0.506 e. The van der Waals surface area contributed by atoms with E-state index in [4.69, 9.17) is 4.74 Å². The Morgan fingerprint density at radius 3 is 2.17 bits per heavy atom. The number of hydrogen-bond acceptors (Lipinski definition) is 4. The Kier molecular flexibility index (Phi) is 8.77. The van der Waals surface area contributed by atoms with Crippen molar-refractivity contribution >= 4 is 57.2 Å². The second-order valence-electron chi connectivity index (χ2n) is 7.95. The number of phenolic OH excluding ortho intramolecular Hbond substituents is 1. The lowest BCUT2D eigenvalue weighted by molar-refractivity contribution is -0.123. The van der Waals surface area contributed by atoms with Crippen LogP contribution in [0, 0.1) is 7.14 Å². The maximum absolute atomic E-state index is 13.0. The first-order valence-electron chi connectivity index (χ1n) is 9.48. The van der Waals surface area contributed by atoms with Gasteiger partial charge in [0.1, 0.15) is 17.4 Å². The van der Waals surface area contributed by atoms with Gasteiger partial charge in [0, 0.05) is 6.42 Å². The molecule has 30 heavy (non-hydrogen) atoms. The van der Waals surface area contributed by atoms with Gasteiger partial charge in [-0.05, 0) is 96.1 Å². The molecule has 0 heterocycles. The van der Waals surface area contributed by atoms with Gasteiger partial charge in [0.25, 0.3) is 0 Å². The summed E-state index contributed by atoms with van der Waals surface area (Å²) in [4.78, 5) is 25.4. The number of carbonyl (C=O) groups is 2. The molecule has 2 aromatic carbocycles. The monoisotopic (exact) mass is 636 g/mol. The number of benzene rings is 2. The van der Waals surface area contributed by atoms with Gasteiger partial charge in [-0.25, -0.2) is 4.79 Å². The normalized spacial score (nSPS) is 13.3. The van der Waals surface area contributed by atoms with E-state index in [2.05, 4.69) is 10.6 Å². The number of phenols is 1. The van der Waals surface area contributed by atoms with E-state index >= 15 is 0 Å². The topological polar surface area (TPSA) is 87.7 Å². The van der Waals surface area contributed by atoms with Crippen LogP contribution in [-0.4, -0.2) is 28.7 Å². The molecule has 2 atom stereocenters. The van der Waals surface area contributed by atoms with E-state index in [-0.39, 0.29) is 24.1 Å². The Bertz CT molecular complexity index is 875. The number of nitrogens with one attached hydrogen (secondary N) is 2. The van der Waals surface area contributed by atoms with Gasteiger partial charge in [-0.15, -0.1) is 0 Å². The van der Waals surface area contributed by atoms with Crippen LogP contribution in [0.1, 0.15) is 44.9 Å². The SMILES string of the molecule is C[C@@H](NC(=O)[C@@H](Cc1cc(I)c(O)c(I)c1)NC(=O)OC(C)(C)C)c1ccccc1. The molecule has 162 valence electrons. The Labute approximate surface area is 204 Å². The molecule has 0 bridgehead atoms. The number of amides is 2. The molecule has 6 nitrogen and oxygen atoms in total. The van der Waals surface area contributed by atoms with E-state index in [1.807, 2.05) is 82.4 Å². The van der Waals surface area contributed by atoms with E-state index < -0.39 is 17.7 Å². The summed E-state index contributed by atoms with van der Waals surface area (Å²) < 4.78 is 6.71. The van der Waals surface area contributed by atoms with Gasteiger partial charge in [-0.2, -0.15) is 0 Å². The molecule has 2 rings (SSSR count). The van der Waals surface area contributed by atoms with E-state index in [0.29, 0.717) is 7.14 Å². The maximum Gasteiger partial charge on any atom is 0.408 e. The molecule has 0 saturated heterocycles. The maximum atomic E-state index is 13.0. The van der Waals surface area contributed by atoms with E-state index in [9.17, 15) is 14.7 Å². The van der Waals surface area contributed by atoms with Gasteiger partial charge in [-0.3, -0.25) is 4.79 Å². The molecule has 2 amide bonds. The molecule has 0 aromatic heterocycles. The Hall–Kier alpha value is -1.56. The fraction of sp³-hybridized carbons (Fsp3) is 0.364. The summed E-state index contributed by atoms with van der Waals surface area (Å²) in [6, 6.07) is 12.2. The van der Waals surface area contributed by atoms with Gasteiger partial charge in [0.2, 0.25) is 5.91 Å². The van der Waals surface area contributed by atoms with Crippen LogP contribution in [0.15, 0.2) is 42.5 Å². The van der Waals surface area contributed by atoms with Gasteiger partial charge in [0.05, 0.1) is 13.2 Å². The van der Waals surface area contributed by atoms with E-state index in [1.54, 1.807) is 32.9 Å². The van der Waals surface area contributed by atoms with Crippen LogP contribution in [-0.2, 0) is 16.0 Å². The van der Waals surface area contributed by atoms with Crippen molar-refractivity contribution in [3.63, 3.8) is 0 Å². The molecular weight excluding hydrogens is 610 g/mol. The Balaban J connectivity index is 2.21. The highest BCUT2D eigenvalue weighted by atomic mass is 127. The van der Waals surface area contributed by atoms with Crippen molar-refractivity contribution in [1.29, 1.82) is 0 Å². The molecular formula is C22H26I2N2O4. The molecule has 0 unspecified atom stereocenters. The van der Waals surface area contributed by atoms with Gasteiger partial charge in [-0.1, -0.05) is 30.3 Å². The van der Waals surface area contributed by atoms with Crippen molar-refractivity contribution < 1.29 is 19.4 Å². The average Bonchev–Trinajstić information content (AvgIpc) is 2.64. The summed E-state index contributed by atoms with van der Waals surface area (Å²) >= 11 is 4.09. The summed E-state index contributed by atoms with van der Waals surface area (Å²) in [6.45, 7) is 7.20. The van der Waals surface area contributed by atoms with Crippen molar-refractivity contribution in [2.45, 2.75) is 51.8 Å². The second kappa shape index (κ2) is 10.7. The quantitative estimate of drug-likeness (QED) is 0.394. The first-order chi connectivity index (χ1) is 14.0. The second-order valence-corrected chi connectivity index (χ2v) is 10.3. The predicted octanol–water partition coefficient (Wildman–Crippen LogP) is 4.91. The van der Waals surface area contributed by atoms with Crippen molar-refractivity contribution in [2.75, 3.05) is 0 Å². The van der Waals surface area contributed by atoms with Crippen molar-refractivity contribution in [2.24, 2.45) is 0 Å². The lowest BCUT2D eigenvalue weighted by Crippen LogP contribution is -2.49. The van der Waals surface area contributed by atoms with E-state index in [1.165, 1.54) is 0 Å². The van der Waals surface area contributed by atoms with Crippen molar-refractivity contribution in [1.82, 2.24) is 10.6 Å². The molecule has 3 N–H and O–H groups in total. The third-order valence-electron chi connectivity index (χ3n) is 4.18. The third-order valence-corrected chi connectivity index (χ3v) is 5.83. The predicted molar refractivity (Wildman–Crippen MR) is 133 cm³/mol. The number of aromatic hydroxyl groups is 1. The standard InChI is InChI=1S/C22H26I2N2O4/c1-13(15-8-6-5-7-9-15)25-20(28)18(26-21(29)30-22(2,3)4)12-14-10-16(23)19(27)17(24)11-14/h5-11,13,18,27H,12H2,1-4H3,(H,25,28)(H,26,29)/t13-,18-/m1/s1. The minimum atomic E-state index is -0.831. The summed E-state index contributed by atoms with van der Waals surface area (Å²) in [5.41, 5.74) is 1.12. The van der Waals surface area contributed by atoms with Gasteiger partial charge < -0.3 is 20.5 Å². The van der Waals surface area contributed by atoms with Crippen molar-refractivity contribution in [3.8, 4) is 5.75 Å². The molecule has 0 spiro atoms. The lowest BCUT2D eigenvalue weighted by atomic mass is 10.0. The zero-order valence-corrected chi connectivity index (χ0v) is 21.6. The molecule has 2 aromatic rings. The minimum Gasteiger partial charge on any atom is -0.506 e. The number of halogens is 2. The molecule has 0 aliphatic carbocycles. The molecule has 0 fully saturated rings. The molecule has 8 heteroatoms. The fourth-order valence-electron chi connectivity index (χ4n) is 2.77. The highest BCUT2D eigenvalue weighted by molar-refractivity contribution is 14.1. The first-order valence-corrected chi connectivity index (χ1v) is 11.6. The van der Waals surface area contributed by atoms with E-state index in [0.717, 1.165) is 11.1 Å². The van der Waals surface area contributed by atoms with Crippen LogP contribution in [0.5, 0.6) is 5.75 Å². The summed E-state index contributed by atoms with van der Waals surface area (Å²) in [5, 5.41) is 15.7. The van der Waals surface area contributed by atoms with Crippen molar-refractivity contribution in [3.05, 3.63) is 60.7 Å². The first kappa shape index (κ1) is 24.7.